The zero-order chi connectivity index (χ0) is 8.32. The van der Waals surface area contributed by atoms with E-state index in [1.807, 2.05) is 13.3 Å². The summed E-state index contributed by atoms with van der Waals surface area (Å²) in [7, 11) is 0. The van der Waals surface area contributed by atoms with Crippen molar-refractivity contribution in [2.45, 2.75) is 25.6 Å². The molecule has 1 heterocycles. The molecule has 0 radical (unpaired) electrons. The molecule has 0 amide bonds. The van der Waals surface area contributed by atoms with Crippen LogP contribution in [0.4, 0.5) is 0 Å². The Morgan fingerprint density at radius 3 is 2.64 bits per heavy atom. The lowest BCUT2D eigenvalue weighted by Crippen LogP contribution is -2.20. The molecule has 1 saturated heterocycles. The van der Waals surface area contributed by atoms with Crippen molar-refractivity contribution < 1.29 is 9.26 Å². The summed E-state index contributed by atoms with van der Waals surface area (Å²) in [4.78, 5) is 0. The van der Waals surface area contributed by atoms with E-state index >= 15 is 0 Å². The summed E-state index contributed by atoms with van der Waals surface area (Å²) in [6, 6.07) is 0. The van der Waals surface area contributed by atoms with Crippen LogP contribution in [-0.2, 0) is 21.1 Å². The summed E-state index contributed by atoms with van der Waals surface area (Å²) in [6.45, 7) is 4.81. The van der Waals surface area contributed by atoms with Crippen molar-refractivity contribution >= 4 is 18.1 Å². The van der Waals surface area contributed by atoms with Gasteiger partial charge in [-0.3, -0.25) is 0 Å². The van der Waals surface area contributed by atoms with E-state index in [1.165, 1.54) is 6.42 Å². The molecule has 0 aromatic rings. The average molecular weight is 194 g/mol. The Balaban J connectivity index is 2.30. The first kappa shape index (κ1) is 9.66. The van der Waals surface area contributed by atoms with Crippen molar-refractivity contribution in [3.63, 3.8) is 0 Å². The van der Waals surface area contributed by atoms with Crippen LogP contribution in [0.3, 0.4) is 0 Å². The van der Waals surface area contributed by atoms with E-state index in [9.17, 15) is 0 Å². The van der Waals surface area contributed by atoms with Crippen molar-refractivity contribution in [1.29, 1.82) is 0 Å². The van der Waals surface area contributed by atoms with E-state index in [-0.39, 0.29) is 6.29 Å². The second-order valence-electron chi connectivity index (χ2n) is 3.15. The van der Waals surface area contributed by atoms with Gasteiger partial charge in [0.05, 0.1) is 6.26 Å². The third-order valence-corrected chi connectivity index (χ3v) is 2.51. The van der Waals surface area contributed by atoms with Gasteiger partial charge in [-0.2, -0.15) is 0 Å². The van der Waals surface area contributed by atoms with E-state index in [0.717, 1.165) is 19.4 Å². The SMILES string of the molecule is CP(C)(=S)OC1CCCCO1. The van der Waals surface area contributed by atoms with Gasteiger partial charge in [-0.05, 0) is 32.6 Å². The predicted octanol–water partition coefficient (Wildman–Crippen LogP) is 2.18. The number of hydrogen-bond donors (Lipinski definition) is 0. The molecule has 0 aliphatic carbocycles. The monoisotopic (exact) mass is 194 g/mol. The van der Waals surface area contributed by atoms with Crippen molar-refractivity contribution in [3.8, 4) is 0 Å². The highest BCUT2D eigenvalue weighted by Gasteiger charge is 2.17. The molecule has 1 aliphatic heterocycles. The molecule has 1 fully saturated rings. The first-order valence-electron chi connectivity index (χ1n) is 3.93. The summed E-state index contributed by atoms with van der Waals surface area (Å²) in [5.74, 6) is 0. The van der Waals surface area contributed by atoms with E-state index in [2.05, 4.69) is 0 Å². The lowest BCUT2D eigenvalue weighted by molar-refractivity contribution is -0.100. The maximum atomic E-state index is 5.58. The number of rotatable bonds is 2. The smallest absolute Gasteiger partial charge is 0.162 e. The lowest BCUT2D eigenvalue weighted by Gasteiger charge is -2.25. The maximum Gasteiger partial charge on any atom is 0.162 e. The molecule has 0 N–H and O–H groups in total. The Morgan fingerprint density at radius 2 is 2.18 bits per heavy atom. The first-order valence-corrected chi connectivity index (χ1v) is 7.54. The van der Waals surface area contributed by atoms with Crippen LogP contribution < -0.4 is 0 Å². The molecule has 0 spiro atoms. The topological polar surface area (TPSA) is 18.5 Å². The largest absolute Gasteiger partial charge is 0.352 e. The molecule has 0 aromatic carbocycles. The fourth-order valence-corrected chi connectivity index (χ4v) is 2.10. The molecule has 0 bridgehead atoms. The van der Waals surface area contributed by atoms with Gasteiger partial charge in [0.1, 0.15) is 0 Å². The fourth-order valence-electron chi connectivity index (χ4n) is 1.08. The quantitative estimate of drug-likeness (QED) is 0.628. The van der Waals surface area contributed by atoms with Gasteiger partial charge in [-0.15, -0.1) is 0 Å². The zero-order valence-electron chi connectivity index (χ0n) is 7.08. The van der Waals surface area contributed by atoms with Gasteiger partial charge in [0, 0.05) is 6.61 Å². The predicted molar refractivity (Wildman–Crippen MR) is 50.8 cm³/mol. The fraction of sp³-hybridized carbons (Fsp3) is 1.00. The normalized spacial score (nSPS) is 26.9. The molecular formula is C7H15O2PS. The van der Waals surface area contributed by atoms with Crippen LogP contribution in [0.5, 0.6) is 0 Å². The highest BCUT2D eigenvalue weighted by atomic mass is 32.4. The highest BCUT2D eigenvalue weighted by molar-refractivity contribution is 8.11. The van der Waals surface area contributed by atoms with Gasteiger partial charge < -0.3 is 9.26 Å². The summed E-state index contributed by atoms with van der Waals surface area (Å²) < 4.78 is 11.0. The Kier molecular flexibility index (Phi) is 3.51. The Labute approximate surface area is 73.4 Å². The van der Waals surface area contributed by atoms with Gasteiger partial charge in [0.15, 0.2) is 6.29 Å². The minimum absolute atomic E-state index is 0.00965. The van der Waals surface area contributed by atoms with Crippen LogP contribution in [0.1, 0.15) is 19.3 Å². The van der Waals surface area contributed by atoms with E-state index < -0.39 is 6.26 Å². The standard InChI is InChI=1S/C7H15O2PS/c1-10(2,11)9-7-5-3-4-6-8-7/h7H,3-6H2,1-2H3. The Hall–Kier alpha value is 0.570. The Bertz CT molecular complexity index is 160. The van der Waals surface area contributed by atoms with Crippen molar-refractivity contribution in [1.82, 2.24) is 0 Å². The van der Waals surface area contributed by atoms with Crippen molar-refractivity contribution in [2.75, 3.05) is 19.9 Å². The van der Waals surface area contributed by atoms with Crippen molar-refractivity contribution in [3.05, 3.63) is 0 Å². The minimum atomic E-state index is -1.53. The average Bonchev–Trinajstić information content (AvgIpc) is 1.85. The van der Waals surface area contributed by atoms with Gasteiger partial charge in [0.25, 0.3) is 0 Å². The van der Waals surface area contributed by atoms with Crippen molar-refractivity contribution in [2.24, 2.45) is 0 Å². The molecule has 1 rings (SSSR count). The molecule has 4 heteroatoms. The highest BCUT2D eigenvalue weighted by Crippen LogP contribution is 2.41. The number of ether oxygens (including phenoxy) is 1. The van der Waals surface area contributed by atoms with E-state index in [1.54, 1.807) is 0 Å². The maximum absolute atomic E-state index is 5.58. The van der Waals surface area contributed by atoms with Gasteiger partial charge in [-0.1, -0.05) is 11.8 Å². The lowest BCUT2D eigenvalue weighted by atomic mass is 10.2. The van der Waals surface area contributed by atoms with E-state index in [0.29, 0.717) is 0 Å². The molecule has 1 aliphatic rings. The van der Waals surface area contributed by atoms with Gasteiger partial charge >= 0.3 is 0 Å². The molecule has 66 valence electrons. The number of hydrogen-bond acceptors (Lipinski definition) is 3. The molecule has 2 nitrogen and oxygen atoms in total. The van der Waals surface area contributed by atoms with E-state index in [4.69, 9.17) is 21.1 Å². The second-order valence-corrected chi connectivity index (χ2v) is 8.51. The zero-order valence-corrected chi connectivity index (χ0v) is 8.79. The first-order chi connectivity index (χ1) is 5.08. The third kappa shape index (κ3) is 4.22. The summed E-state index contributed by atoms with van der Waals surface area (Å²) in [5.41, 5.74) is 0. The molecule has 1 atom stereocenters. The van der Waals surface area contributed by atoms with Crippen LogP contribution in [0.15, 0.2) is 0 Å². The van der Waals surface area contributed by atoms with Crippen LogP contribution >= 0.6 is 6.26 Å². The summed E-state index contributed by atoms with van der Waals surface area (Å²) in [5, 5.41) is 0. The van der Waals surface area contributed by atoms with Crippen LogP contribution in [0, 0.1) is 0 Å². The van der Waals surface area contributed by atoms with Crippen LogP contribution in [0.25, 0.3) is 0 Å². The second kappa shape index (κ2) is 3.99. The Morgan fingerprint density at radius 1 is 1.45 bits per heavy atom. The molecule has 0 saturated carbocycles. The third-order valence-electron chi connectivity index (χ3n) is 1.51. The molecule has 1 unspecified atom stereocenters. The summed E-state index contributed by atoms with van der Waals surface area (Å²) in [6.07, 6.45) is 1.85. The van der Waals surface area contributed by atoms with Gasteiger partial charge in [0.2, 0.25) is 0 Å². The molecular weight excluding hydrogens is 179 g/mol. The molecule has 11 heavy (non-hydrogen) atoms. The van der Waals surface area contributed by atoms with Gasteiger partial charge in [-0.25, -0.2) is 0 Å². The molecule has 0 aromatic heterocycles. The summed E-state index contributed by atoms with van der Waals surface area (Å²) >= 11 is 5.17. The van der Waals surface area contributed by atoms with Crippen LogP contribution in [0.2, 0.25) is 0 Å². The van der Waals surface area contributed by atoms with Crippen LogP contribution in [-0.4, -0.2) is 26.2 Å². The minimum Gasteiger partial charge on any atom is -0.352 e.